The Hall–Kier alpha value is -4.96. The molecule has 3 aromatic heterocycles. The van der Waals surface area contributed by atoms with Crippen LogP contribution in [0.2, 0.25) is 5.02 Å². The molecule has 2 N–H and O–H groups in total. The zero-order chi connectivity index (χ0) is 26.2. The number of aryl methyl sites for hydroxylation is 1. The Morgan fingerprint density at radius 1 is 1.03 bits per heavy atom. The van der Waals surface area contributed by atoms with Gasteiger partial charge in [-0.25, -0.2) is 4.68 Å². The van der Waals surface area contributed by atoms with Crippen LogP contribution in [-0.4, -0.2) is 42.0 Å². The van der Waals surface area contributed by atoms with Crippen LogP contribution >= 0.6 is 11.6 Å². The molecular formula is C27H20ClN7O3. The van der Waals surface area contributed by atoms with Gasteiger partial charge in [0, 0.05) is 11.1 Å². The van der Waals surface area contributed by atoms with E-state index in [9.17, 15) is 9.59 Å². The van der Waals surface area contributed by atoms with Crippen molar-refractivity contribution in [1.82, 2.24) is 29.5 Å². The zero-order valence-corrected chi connectivity index (χ0v) is 20.8. The second-order valence-corrected chi connectivity index (χ2v) is 9.02. The SMILES string of the molecule is Cc1cc(NC(=O)COc2ccc3ccccc3c2)n(-c2nc3c(cnn3-c3ccc(Cl)cc3)c(=O)[nH]2)n1. The van der Waals surface area contributed by atoms with Crippen molar-refractivity contribution in [1.29, 1.82) is 0 Å². The van der Waals surface area contributed by atoms with Crippen molar-refractivity contribution in [3.05, 3.63) is 100 Å². The van der Waals surface area contributed by atoms with E-state index in [-0.39, 0.29) is 12.6 Å². The van der Waals surface area contributed by atoms with Crippen molar-refractivity contribution in [2.24, 2.45) is 0 Å². The summed E-state index contributed by atoms with van der Waals surface area (Å²) in [5.41, 5.74) is 1.24. The van der Waals surface area contributed by atoms with E-state index in [1.54, 1.807) is 37.3 Å². The smallest absolute Gasteiger partial charge is 0.263 e. The highest BCUT2D eigenvalue weighted by Crippen LogP contribution is 2.22. The van der Waals surface area contributed by atoms with Gasteiger partial charge < -0.3 is 10.1 Å². The van der Waals surface area contributed by atoms with Gasteiger partial charge in [0.05, 0.1) is 17.6 Å². The van der Waals surface area contributed by atoms with Crippen LogP contribution in [-0.2, 0) is 4.79 Å². The average Bonchev–Trinajstić information content (AvgIpc) is 3.51. The minimum atomic E-state index is -0.395. The average molecular weight is 526 g/mol. The third-order valence-corrected chi connectivity index (χ3v) is 6.14. The number of rotatable bonds is 6. The van der Waals surface area contributed by atoms with E-state index in [4.69, 9.17) is 16.3 Å². The van der Waals surface area contributed by atoms with Crippen LogP contribution in [0.5, 0.6) is 5.75 Å². The summed E-state index contributed by atoms with van der Waals surface area (Å²) in [4.78, 5) is 32.9. The summed E-state index contributed by atoms with van der Waals surface area (Å²) in [6, 6.07) is 22.2. The molecule has 0 atom stereocenters. The third-order valence-electron chi connectivity index (χ3n) is 5.89. The fourth-order valence-corrected chi connectivity index (χ4v) is 4.24. The van der Waals surface area contributed by atoms with Gasteiger partial charge in [0.2, 0.25) is 5.95 Å². The van der Waals surface area contributed by atoms with Crippen LogP contribution in [0.25, 0.3) is 33.4 Å². The van der Waals surface area contributed by atoms with Crippen molar-refractivity contribution in [2.75, 3.05) is 11.9 Å². The normalized spacial score (nSPS) is 11.2. The van der Waals surface area contributed by atoms with Crippen molar-refractivity contribution < 1.29 is 9.53 Å². The first kappa shape index (κ1) is 23.4. The number of benzene rings is 3. The molecular weight excluding hydrogens is 506 g/mol. The Labute approximate surface area is 220 Å². The number of H-pyrrole nitrogens is 1. The lowest BCUT2D eigenvalue weighted by molar-refractivity contribution is -0.118. The van der Waals surface area contributed by atoms with Gasteiger partial charge in [-0.15, -0.1) is 0 Å². The predicted molar refractivity (Wildman–Crippen MR) is 144 cm³/mol. The molecule has 0 aliphatic carbocycles. The van der Waals surface area contributed by atoms with E-state index < -0.39 is 11.5 Å². The van der Waals surface area contributed by atoms with Gasteiger partial charge in [-0.05, 0) is 54.1 Å². The van der Waals surface area contributed by atoms with Crippen LogP contribution in [0.1, 0.15) is 5.69 Å². The quantitative estimate of drug-likeness (QED) is 0.332. The Morgan fingerprint density at radius 3 is 2.63 bits per heavy atom. The molecule has 0 fully saturated rings. The molecule has 0 saturated carbocycles. The lowest BCUT2D eigenvalue weighted by Gasteiger charge is -2.10. The number of hydrogen-bond acceptors (Lipinski definition) is 6. The second-order valence-electron chi connectivity index (χ2n) is 8.59. The van der Waals surface area contributed by atoms with E-state index in [0.717, 1.165) is 10.8 Å². The summed E-state index contributed by atoms with van der Waals surface area (Å²) in [7, 11) is 0. The molecule has 3 heterocycles. The number of fused-ring (bicyclic) bond motifs is 2. The van der Waals surface area contributed by atoms with E-state index in [2.05, 4.69) is 25.5 Å². The van der Waals surface area contributed by atoms with E-state index in [0.29, 0.717) is 39.0 Å². The first-order valence-electron chi connectivity index (χ1n) is 11.7. The molecule has 188 valence electrons. The number of hydrogen-bond donors (Lipinski definition) is 2. The molecule has 0 unspecified atom stereocenters. The number of nitrogens with zero attached hydrogens (tertiary/aromatic N) is 5. The van der Waals surface area contributed by atoms with Crippen molar-refractivity contribution in [3.63, 3.8) is 0 Å². The fraction of sp³-hybridized carbons (Fsp3) is 0.0741. The van der Waals surface area contributed by atoms with E-state index >= 15 is 0 Å². The second kappa shape index (κ2) is 9.49. The molecule has 10 nitrogen and oxygen atoms in total. The Morgan fingerprint density at radius 2 is 1.82 bits per heavy atom. The Bertz CT molecular complexity index is 1870. The number of halogens is 1. The number of carbonyl (C=O) groups is 1. The lowest BCUT2D eigenvalue weighted by atomic mass is 10.1. The number of carbonyl (C=O) groups excluding carboxylic acids is 1. The van der Waals surface area contributed by atoms with Crippen LogP contribution in [0.15, 0.2) is 83.8 Å². The number of amides is 1. The zero-order valence-electron chi connectivity index (χ0n) is 20.1. The highest BCUT2D eigenvalue weighted by molar-refractivity contribution is 6.30. The molecule has 6 aromatic rings. The number of aromatic amines is 1. The number of anilines is 1. The molecule has 3 aromatic carbocycles. The molecule has 0 aliphatic rings. The van der Waals surface area contributed by atoms with Crippen LogP contribution in [0, 0.1) is 6.92 Å². The van der Waals surface area contributed by atoms with Crippen molar-refractivity contribution in [2.45, 2.75) is 6.92 Å². The fourth-order valence-electron chi connectivity index (χ4n) is 4.11. The van der Waals surface area contributed by atoms with Gasteiger partial charge >= 0.3 is 0 Å². The standard InChI is InChI=1S/C27H20ClN7O3/c1-16-12-23(30-24(36)15-38-21-11-6-17-4-2-3-5-18(17)13-21)35(33-16)27-31-25-22(26(37)32-27)14-29-34(25)20-9-7-19(28)8-10-20/h2-14H,15H2,1H3,(H,30,36)(H,31,32,37). The van der Waals surface area contributed by atoms with Gasteiger partial charge in [-0.3, -0.25) is 14.6 Å². The minimum Gasteiger partial charge on any atom is -0.484 e. The molecule has 38 heavy (non-hydrogen) atoms. The van der Waals surface area contributed by atoms with Gasteiger partial charge in [0.1, 0.15) is 17.0 Å². The molecule has 11 heteroatoms. The molecule has 0 spiro atoms. The van der Waals surface area contributed by atoms with Crippen molar-refractivity contribution >= 4 is 45.1 Å². The molecule has 0 aliphatic heterocycles. The first-order chi connectivity index (χ1) is 18.4. The topological polar surface area (TPSA) is 120 Å². The number of nitrogens with one attached hydrogen (secondary N) is 2. The summed E-state index contributed by atoms with van der Waals surface area (Å²) in [6.07, 6.45) is 1.45. The highest BCUT2D eigenvalue weighted by atomic mass is 35.5. The van der Waals surface area contributed by atoms with Crippen LogP contribution in [0.3, 0.4) is 0 Å². The summed E-state index contributed by atoms with van der Waals surface area (Å²) in [5, 5.41) is 14.5. The van der Waals surface area contributed by atoms with E-state index in [1.807, 2.05) is 42.5 Å². The summed E-state index contributed by atoms with van der Waals surface area (Å²) in [5.74, 6) is 0.635. The molecule has 6 rings (SSSR count). The summed E-state index contributed by atoms with van der Waals surface area (Å²) >= 11 is 6.01. The summed E-state index contributed by atoms with van der Waals surface area (Å²) < 4.78 is 8.61. The number of aromatic nitrogens is 6. The maximum Gasteiger partial charge on any atom is 0.263 e. The van der Waals surface area contributed by atoms with Gasteiger partial charge in [-0.1, -0.05) is 41.9 Å². The molecule has 0 bridgehead atoms. The highest BCUT2D eigenvalue weighted by Gasteiger charge is 2.17. The molecule has 1 amide bonds. The minimum absolute atomic E-state index is 0.122. The Balaban J connectivity index is 1.27. The number of ether oxygens (including phenoxy) is 1. The molecule has 0 radical (unpaired) electrons. The van der Waals surface area contributed by atoms with Gasteiger partial charge in [0.25, 0.3) is 11.5 Å². The maximum absolute atomic E-state index is 12.8. The maximum atomic E-state index is 12.8. The van der Waals surface area contributed by atoms with E-state index in [1.165, 1.54) is 15.6 Å². The molecule has 0 saturated heterocycles. The van der Waals surface area contributed by atoms with Crippen LogP contribution in [0.4, 0.5) is 5.82 Å². The third kappa shape index (κ3) is 4.48. The predicted octanol–water partition coefficient (Wildman–Crippen LogP) is 4.43. The Kier molecular flexibility index (Phi) is 5.85. The van der Waals surface area contributed by atoms with Gasteiger partial charge in [-0.2, -0.15) is 19.9 Å². The first-order valence-corrected chi connectivity index (χ1v) is 12.0. The van der Waals surface area contributed by atoms with Crippen LogP contribution < -0.4 is 15.6 Å². The largest absolute Gasteiger partial charge is 0.484 e. The van der Waals surface area contributed by atoms with Crippen molar-refractivity contribution in [3.8, 4) is 17.4 Å². The monoisotopic (exact) mass is 525 g/mol. The van der Waals surface area contributed by atoms with Gasteiger partial charge in [0.15, 0.2) is 12.3 Å². The lowest BCUT2D eigenvalue weighted by Crippen LogP contribution is -2.23. The summed E-state index contributed by atoms with van der Waals surface area (Å²) in [6.45, 7) is 1.56.